The zero-order chi connectivity index (χ0) is 13.5. The van der Waals surface area contributed by atoms with Crippen LogP contribution in [0.4, 0.5) is 0 Å². The van der Waals surface area contributed by atoms with Gasteiger partial charge < -0.3 is 11.1 Å². The smallest absolute Gasteiger partial charge is 0.234 e. The molecule has 2 amide bonds. The number of likely N-dealkylation sites (tertiary alicyclic amines) is 1. The van der Waals surface area contributed by atoms with E-state index in [-0.39, 0.29) is 17.9 Å². The molecule has 18 heavy (non-hydrogen) atoms. The van der Waals surface area contributed by atoms with Gasteiger partial charge in [0.25, 0.3) is 0 Å². The van der Waals surface area contributed by atoms with Crippen LogP contribution in [0.1, 0.15) is 26.2 Å². The molecule has 0 radical (unpaired) electrons. The van der Waals surface area contributed by atoms with Crippen molar-refractivity contribution in [3.05, 3.63) is 0 Å². The fourth-order valence-corrected chi connectivity index (χ4v) is 2.68. The first-order valence-corrected chi connectivity index (χ1v) is 7.56. The molecule has 0 aromatic carbocycles. The van der Waals surface area contributed by atoms with Gasteiger partial charge in [-0.25, -0.2) is 0 Å². The molecule has 1 heterocycles. The van der Waals surface area contributed by atoms with E-state index in [0.717, 1.165) is 32.4 Å². The maximum Gasteiger partial charge on any atom is 0.234 e. The third-order valence-electron chi connectivity index (χ3n) is 3.47. The van der Waals surface area contributed by atoms with E-state index in [1.165, 1.54) is 0 Å². The Kier molecular flexibility index (Phi) is 6.63. The molecule has 0 aliphatic carbocycles. The van der Waals surface area contributed by atoms with Gasteiger partial charge >= 0.3 is 0 Å². The van der Waals surface area contributed by atoms with Gasteiger partial charge in [0.1, 0.15) is 0 Å². The molecule has 1 rings (SSSR count). The largest absolute Gasteiger partial charge is 0.368 e. The second-order valence-corrected chi connectivity index (χ2v) is 5.31. The molecule has 0 saturated carbocycles. The van der Waals surface area contributed by atoms with Crippen molar-refractivity contribution < 1.29 is 9.59 Å². The van der Waals surface area contributed by atoms with Crippen molar-refractivity contribution in [2.45, 2.75) is 32.2 Å². The Morgan fingerprint density at radius 2 is 2.28 bits per heavy atom. The van der Waals surface area contributed by atoms with Crippen LogP contribution in [-0.2, 0) is 9.59 Å². The summed E-state index contributed by atoms with van der Waals surface area (Å²) in [7, 11) is 0. The molecule has 104 valence electrons. The fourth-order valence-electron chi connectivity index (χ4n) is 2.48. The molecule has 0 aromatic heterocycles. The van der Waals surface area contributed by atoms with Gasteiger partial charge in [0, 0.05) is 13.1 Å². The van der Waals surface area contributed by atoms with Gasteiger partial charge in [-0.2, -0.15) is 0 Å². The van der Waals surface area contributed by atoms with E-state index < -0.39 is 0 Å². The molecule has 1 aliphatic rings. The third kappa shape index (κ3) is 4.57. The summed E-state index contributed by atoms with van der Waals surface area (Å²) >= 11 is 3.11. The second-order valence-electron chi connectivity index (χ2n) is 4.75. The summed E-state index contributed by atoms with van der Waals surface area (Å²) in [4.78, 5) is 24.5. The number of primary amides is 1. The Morgan fingerprint density at radius 1 is 1.56 bits per heavy atom. The van der Waals surface area contributed by atoms with Gasteiger partial charge in [-0.15, -0.1) is 0 Å². The van der Waals surface area contributed by atoms with Crippen molar-refractivity contribution in [1.82, 2.24) is 10.2 Å². The van der Waals surface area contributed by atoms with Gasteiger partial charge in [-0.1, -0.05) is 22.9 Å². The van der Waals surface area contributed by atoms with Gasteiger partial charge in [0.15, 0.2) is 0 Å². The molecular weight excluding hydrogens is 298 g/mol. The number of hydrogen-bond acceptors (Lipinski definition) is 3. The SMILES string of the molecule is CC[C@H](C(N)=O)N1CCC(CCNC(=O)CBr)C1. The predicted octanol–water partition coefficient (Wildman–Crippen LogP) is 0.473. The molecule has 2 atom stereocenters. The molecule has 6 heteroatoms. The highest BCUT2D eigenvalue weighted by Crippen LogP contribution is 2.22. The molecule has 1 fully saturated rings. The van der Waals surface area contributed by atoms with Crippen LogP contribution in [0, 0.1) is 5.92 Å². The minimum Gasteiger partial charge on any atom is -0.368 e. The molecule has 1 unspecified atom stereocenters. The Bertz CT molecular complexity index is 299. The molecule has 3 N–H and O–H groups in total. The molecule has 0 spiro atoms. The van der Waals surface area contributed by atoms with E-state index in [4.69, 9.17) is 5.73 Å². The second kappa shape index (κ2) is 7.74. The van der Waals surface area contributed by atoms with Crippen LogP contribution in [0.2, 0.25) is 0 Å². The first kappa shape index (κ1) is 15.4. The number of nitrogens with two attached hydrogens (primary N) is 1. The number of nitrogens with one attached hydrogen (secondary N) is 1. The summed E-state index contributed by atoms with van der Waals surface area (Å²) in [6, 6.07) is -0.132. The average Bonchev–Trinajstić information content (AvgIpc) is 2.78. The summed E-state index contributed by atoms with van der Waals surface area (Å²) in [6.07, 6.45) is 2.81. The monoisotopic (exact) mass is 319 g/mol. The van der Waals surface area contributed by atoms with Gasteiger partial charge in [-0.3, -0.25) is 14.5 Å². The van der Waals surface area contributed by atoms with Crippen LogP contribution in [0.15, 0.2) is 0 Å². The van der Waals surface area contributed by atoms with Crippen LogP contribution in [0.25, 0.3) is 0 Å². The van der Waals surface area contributed by atoms with Crippen LogP contribution in [0.3, 0.4) is 0 Å². The third-order valence-corrected chi connectivity index (χ3v) is 3.98. The molecular formula is C12H22BrN3O2. The Balaban J connectivity index is 2.28. The minimum absolute atomic E-state index is 0.0217. The number of carbonyl (C=O) groups excluding carboxylic acids is 2. The minimum atomic E-state index is -0.231. The summed E-state index contributed by atoms with van der Waals surface area (Å²) in [6.45, 7) is 4.53. The lowest BCUT2D eigenvalue weighted by molar-refractivity contribution is -0.123. The number of amides is 2. The Hall–Kier alpha value is -0.620. The van der Waals surface area contributed by atoms with Crippen molar-refractivity contribution >= 4 is 27.7 Å². The number of alkyl halides is 1. The van der Waals surface area contributed by atoms with E-state index >= 15 is 0 Å². The molecule has 1 aliphatic heterocycles. The maximum absolute atomic E-state index is 11.3. The Labute approximate surface area is 117 Å². The number of carbonyl (C=O) groups is 2. The number of halogens is 1. The summed E-state index contributed by atoms with van der Waals surface area (Å²) in [5, 5.41) is 3.19. The first-order valence-electron chi connectivity index (χ1n) is 6.44. The molecule has 0 aromatic rings. The van der Waals surface area contributed by atoms with Crippen LogP contribution < -0.4 is 11.1 Å². The lowest BCUT2D eigenvalue weighted by Crippen LogP contribution is -2.43. The van der Waals surface area contributed by atoms with Crippen LogP contribution >= 0.6 is 15.9 Å². The van der Waals surface area contributed by atoms with Gasteiger partial charge in [0.2, 0.25) is 11.8 Å². The van der Waals surface area contributed by atoms with Gasteiger partial charge in [-0.05, 0) is 31.7 Å². The predicted molar refractivity (Wildman–Crippen MR) is 74.4 cm³/mol. The standard InChI is InChI=1S/C12H22BrN3O2/c1-2-10(12(14)18)16-6-4-9(8-16)3-5-15-11(17)7-13/h9-10H,2-8H2,1H3,(H2,14,18)(H,15,17)/t9?,10-/m1/s1. The Morgan fingerprint density at radius 3 is 2.83 bits per heavy atom. The first-order chi connectivity index (χ1) is 8.58. The topological polar surface area (TPSA) is 75.4 Å². The van der Waals surface area contributed by atoms with E-state index in [0.29, 0.717) is 17.8 Å². The quantitative estimate of drug-likeness (QED) is 0.670. The lowest BCUT2D eigenvalue weighted by Gasteiger charge is -2.23. The van der Waals surface area contributed by atoms with E-state index in [2.05, 4.69) is 26.1 Å². The summed E-state index contributed by atoms with van der Waals surface area (Å²) < 4.78 is 0. The van der Waals surface area contributed by atoms with Crippen molar-refractivity contribution in [3.63, 3.8) is 0 Å². The molecule has 1 saturated heterocycles. The van der Waals surface area contributed by atoms with Crippen molar-refractivity contribution in [1.29, 1.82) is 0 Å². The normalized spacial score (nSPS) is 21.8. The molecule has 0 bridgehead atoms. The maximum atomic E-state index is 11.3. The fraction of sp³-hybridized carbons (Fsp3) is 0.833. The van der Waals surface area contributed by atoms with E-state index in [9.17, 15) is 9.59 Å². The zero-order valence-corrected chi connectivity index (χ0v) is 12.4. The average molecular weight is 320 g/mol. The van der Waals surface area contributed by atoms with Crippen molar-refractivity contribution in [3.8, 4) is 0 Å². The van der Waals surface area contributed by atoms with Crippen LogP contribution in [-0.4, -0.2) is 47.7 Å². The molecule has 5 nitrogen and oxygen atoms in total. The highest BCUT2D eigenvalue weighted by atomic mass is 79.9. The van der Waals surface area contributed by atoms with Crippen molar-refractivity contribution in [2.75, 3.05) is 25.0 Å². The summed E-state index contributed by atoms with van der Waals surface area (Å²) in [5.74, 6) is 0.341. The number of hydrogen-bond donors (Lipinski definition) is 2. The highest BCUT2D eigenvalue weighted by molar-refractivity contribution is 9.09. The zero-order valence-electron chi connectivity index (χ0n) is 10.8. The van der Waals surface area contributed by atoms with Crippen molar-refractivity contribution in [2.24, 2.45) is 11.7 Å². The highest BCUT2D eigenvalue weighted by Gasteiger charge is 2.29. The van der Waals surface area contributed by atoms with E-state index in [1.54, 1.807) is 0 Å². The van der Waals surface area contributed by atoms with E-state index in [1.807, 2.05) is 6.92 Å². The van der Waals surface area contributed by atoms with Gasteiger partial charge in [0.05, 0.1) is 11.4 Å². The number of rotatable bonds is 7. The number of nitrogens with zero attached hydrogens (tertiary/aromatic N) is 1. The van der Waals surface area contributed by atoms with Crippen LogP contribution in [0.5, 0.6) is 0 Å². The lowest BCUT2D eigenvalue weighted by atomic mass is 10.1. The summed E-state index contributed by atoms with van der Waals surface area (Å²) in [5.41, 5.74) is 5.39.